The Morgan fingerprint density at radius 3 is 2.93 bits per heavy atom. The minimum atomic E-state index is 0.384. The summed E-state index contributed by atoms with van der Waals surface area (Å²) >= 11 is 0. The van der Waals surface area contributed by atoms with Crippen LogP contribution in [0.15, 0.2) is 0 Å². The van der Waals surface area contributed by atoms with Gasteiger partial charge in [0.05, 0.1) is 12.5 Å². The zero-order valence-electron chi connectivity index (χ0n) is 10.2. The van der Waals surface area contributed by atoms with Gasteiger partial charge < -0.3 is 4.90 Å². The predicted molar refractivity (Wildman–Crippen MR) is 62.6 cm³/mol. The van der Waals surface area contributed by atoms with Crippen molar-refractivity contribution in [3.05, 3.63) is 0 Å². The number of nitriles is 1. The fourth-order valence-electron chi connectivity index (χ4n) is 2.32. The molecule has 0 aromatic rings. The molecule has 2 atom stereocenters. The van der Waals surface area contributed by atoms with E-state index in [0.717, 1.165) is 13.1 Å². The van der Waals surface area contributed by atoms with E-state index in [-0.39, 0.29) is 0 Å². The first-order valence-corrected chi connectivity index (χ1v) is 6.00. The molecule has 2 unspecified atom stereocenters. The maximum absolute atomic E-state index is 8.66. The van der Waals surface area contributed by atoms with Crippen LogP contribution in [0.3, 0.4) is 0 Å². The second-order valence-corrected chi connectivity index (χ2v) is 4.58. The Kier molecular flexibility index (Phi) is 5.07. The highest BCUT2D eigenvalue weighted by atomic mass is 15.2. The second-order valence-electron chi connectivity index (χ2n) is 4.58. The highest BCUT2D eigenvalue weighted by molar-refractivity contribution is 4.84. The van der Waals surface area contributed by atoms with Gasteiger partial charge in [0.2, 0.25) is 0 Å². The molecule has 0 amide bonds. The second kappa shape index (κ2) is 6.09. The smallest absolute Gasteiger partial charge is 0.0638 e. The van der Waals surface area contributed by atoms with Gasteiger partial charge in [-0.25, -0.2) is 0 Å². The molecule has 0 radical (unpaired) electrons. The molecule has 1 aliphatic heterocycles. The lowest BCUT2D eigenvalue weighted by Gasteiger charge is -2.30. The van der Waals surface area contributed by atoms with Gasteiger partial charge >= 0.3 is 0 Å². The molecule has 1 saturated heterocycles. The van der Waals surface area contributed by atoms with E-state index < -0.39 is 0 Å². The molecule has 0 spiro atoms. The van der Waals surface area contributed by atoms with Gasteiger partial charge in [0, 0.05) is 18.6 Å². The van der Waals surface area contributed by atoms with Crippen molar-refractivity contribution in [3.8, 4) is 6.07 Å². The summed E-state index contributed by atoms with van der Waals surface area (Å²) < 4.78 is 0. The lowest BCUT2D eigenvalue weighted by Crippen LogP contribution is -2.41. The van der Waals surface area contributed by atoms with Crippen LogP contribution in [0.4, 0.5) is 0 Å². The SMILES string of the molecule is CCN1CCCC1CN(C)C(C)CC#N. The largest absolute Gasteiger partial charge is 0.301 e. The molecule has 0 N–H and O–H groups in total. The Labute approximate surface area is 93.7 Å². The molecule has 3 nitrogen and oxygen atoms in total. The van der Waals surface area contributed by atoms with Crippen LogP contribution in [0.2, 0.25) is 0 Å². The first-order valence-electron chi connectivity index (χ1n) is 6.00. The number of hydrogen-bond acceptors (Lipinski definition) is 3. The average Bonchev–Trinajstić information content (AvgIpc) is 2.65. The van der Waals surface area contributed by atoms with E-state index in [2.05, 4.69) is 36.8 Å². The molecule has 0 aromatic heterocycles. The normalized spacial score (nSPS) is 24.3. The number of hydrogen-bond donors (Lipinski definition) is 0. The van der Waals surface area contributed by atoms with Crippen LogP contribution in [0.25, 0.3) is 0 Å². The van der Waals surface area contributed by atoms with E-state index in [1.54, 1.807) is 0 Å². The number of likely N-dealkylation sites (tertiary alicyclic amines) is 1. The topological polar surface area (TPSA) is 30.3 Å². The fraction of sp³-hybridized carbons (Fsp3) is 0.917. The number of rotatable bonds is 5. The molecule has 1 rings (SSSR count). The predicted octanol–water partition coefficient (Wildman–Crippen LogP) is 1.70. The maximum atomic E-state index is 8.66. The fourth-order valence-corrected chi connectivity index (χ4v) is 2.32. The summed E-state index contributed by atoms with van der Waals surface area (Å²) in [5.41, 5.74) is 0. The van der Waals surface area contributed by atoms with Gasteiger partial charge in [-0.1, -0.05) is 6.92 Å². The van der Waals surface area contributed by atoms with Crippen molar-refractivity contribution in [1.82, 2.24) is 9.80 Å². The van der Waals surface area contributed by atoms with Crippen LogP contribution < -0.4 is 0 Å². The zero-order chi connectivity index (χ0) is 11.3. The monoisotopic (exact) mass is 209 g/mol. The Bertz CT molecular complexity index is 221. The summed E-state index contributed by atoms with van der Waals surface area (Å²) in [6, 6.07) is 3.34. The van der Waals surface area contributed by atoms with Crippen molar-refractivity contribution < 1.29 is 0 Å². The van der Waals surface area contributed by atoms with E-state index in [4.69, 9.17) is 5.26 Å². The van der Waals surface area contributed by atoms with E-state index in [1.807, 2.05) is 0 Å². The summed E-state index contributed by atoms with van der Waals surface area (Å²) in [6.07, 6.45) is 3.28. The van der Waals surface area contributed by atoms with E-state index in [1.165, 1.54) is 19.4 Å². The third kappa shape index (κ3) is 3.48. The van der Waals surface area contributed by atoms with Crippen LogP contribution in [0, 0.1) is 11.3 Å². The summed E-state index contributed by atoms with van der Waals surface area (Å²) in [7, 11) is 2.13. The summed E-state index contributed by atoms with van der Waals surface area (Å²) in [5.74, 6) is 0. The Morgan fingerprint density at radius 1 is 1.60 bits per heavy atom. The summed E-state index contributed by atoms with van der Waals surface area (Å²) in [6.45, 7) is 7.88. The highest BCUT2D eigenvalue weighted by Crippen LogP contribution is 2.18. The van der Waals surface area contributed by atoms with Crippen LogP contribution in [-0.4, -0.2) is 48.6 Å². The average molecular weight is 209 g/mol. The number of nitrogens with zero attached hydrogens (tertiary/aromatic N) is 3. The molecule has 0 aromatic carbocycles. The van der Waals surface area contributed by atoms with Crippen molar-refractivity contribution in [1.29, 1.82) is 5.26 Å². The molecular formula is C12H23N3. The maximum Gasteiger partial charge on any atom is 0.0638 e. The van der Waals surface area contributed by atoms with Gasteiger partial charge in [-0.15, -0.1) is 0 Å². The highest BCUT2D eigenvalue weighted by Gasteiger charge is 2.25. The molecule has 3 heteroatoms. The molecule has 0 saturated carbocycles. The molecule has 1 fully saturated rings. The molecule has 0 bridgehead atoms. The molecular weight excluding hydrogens is 186 g/mol. The Morgan fingerprint density at radius 2 is 2.33 bits per heavy atom. The first-order chi connectivity index (χ1) is 7.19. The van der Waals surface area contributed by atoms with Crippen molar-refractivity contribution >= 4 is 0 Å². The molecule has 1 aliphatic rings. The third-order valence-electron chi connectivity index (χ3n) is 3.54. The Balaban J connectivity index is 2.37. The quantitative estimate of drug-likeness (QED) is 0.690. The van der Waals surface area contributed by atoms with Crippen LogP contribution >= 0.6 is 0 Å². The van der Waals surface area contributed by atoms with Crippen molar-refractivity contribution in [2.75, 3.05) is 26.7 Å². The molecule has 15 heavy (non-hydrogen) atoms. The first kappa shape index (κ1) is 12.5. The standard InChI is InChI=1S/C12H23N3/c1-4-15-9-5-6-12(15)10-14(3)11(2)7-8-13/h11-12H,4-7,9-10H2,1-3H3. The van der Waals surface area contributed by atoms with Gasteiger partial charge in [-0.2, -0.15) is 5.26 Å². The van der Waals surface area contributed by atoms with E-state index in [9.17, 15) is 0 Å². The van der Waals surface area contributed by atoms with Gasteiger partial charge in [0.15, 0.2) is 0 Å². The zero-order valence-corrected chi connectivity index (χ0v) is 10.2. The van der Waals surface area contributed by atoms with Gasteiger partial charge in [-0.05, 0) is 39.9 Å². The minimum Gasteiger partial charge on any atom is -0.301 e. The van der Waals surface area contributed by atoms with E-state index in [0.29, 0.717) is 18.5 Å². The molecule has 86 valence electrons. The van der Waals surface area contributed by atoms with Crippen molar-refractivity contribution in [2.24, 2.45) is 0 Å². The molecule has 1 heterocycles. The lowest BCUT2D eigenvalue weighted by atomic mass is 10.1. The van der Waals surface area contributed by atoms with Gasteiger partial charge in [-0.3, -0.25) is 4.90 Å². The molecule has 0 aliphatic carbocycles. The summed E-state index contributed by atoms with van der Waals surface area (Å²) in [5, 5.41) is 8.66. The van der Waals surface area contributed by atoms with Crippen LogP contribution in [0.5, 0.6) is 0 Å². The van der Waals surface area contributed by atoms with Gasteiger partial charge in [0.25, 0.3) is 0 Å². The number of likely N-dealkylation sites (N-methyl/N-ethyl adjacent to an activating group) is 2. The van der Waals surface area contributed by atoms with Crippen molar-refractivity contribution in [2.45, 2.75) is 45.2 Å². The van der Waals surface area contributed by atoms with Crippen molar-refractivity contribution in [3.63, 3.8) is 0 Å². The minimum absolute atomic E-state index is 0.384. The van der Waals surface area contributed by atoms with Gasteiger partial charge in [0.1, 0.15) is 0 Å². The van der Waals surface area contributed by atoms with E-state index >= 15 is 0 Å². The third-order valence-corrected chi connectivity index (χ3v) is 3.54. The summed E-state index contributed by atoms with van der Waals surface area (Å²) in [4.78, 5) is 4.87. The van der Waals surface area contributed by atoms with Crippen LogP contribution in [-0.2, 0) is 0 Å². The lowest BCUT2D eigenvalue weighted by molar-refractivity contribution is 0.171. The van der Waals surface area contributed by atoms with Crippen LogP contribution in [0.1, 0.15) is 33.1 Å². The Hall–Kier alpha value is -0.590.